The van der Waals surface area contributed by atoms with E-state index in [-0.39, 0.29) is 0 Å². The van der Waals surface area contributed by atoms with Crippen LogP contribution in [0.3, 0.4) is 0 Å². The minimum Gasteiger partial charge on any atom is -0.494 e. The fourth-order valence-electron chi connectivity index (χ4n) is 2.20. The zero-order valence-electron chi connectivity index (χ0n) is 14.2. The lowest BCUT2D eigenvalue weighted by Gasteiger charge is -2.12. The number of benzene rings is 2. The summed E-state index contributed by atoms with van der Waals surface area (Å²) in [6, 6.07) is 15.1. The Morgan fingerprint density at radius 3 is 2.50 bits per heavy atom. The van der Waals surface area contributed by atoms with Gasteiger partial charge in [0.1, 0.15) is 5.75 Å². The molecule has 6 heteroatoms. The Morgan fingerprint density at radius 1 is 1.04 bits per heavy atom. The van der Waals surface area contributed by atoms with Gasteiger partial charge in [-0.05, 0) is 30.7 Å². The van der Waals surface area contributed by atoms with Crippen molar-refractivity contribution in [3.8, 4) is 5.75 Å². The molecule has 2 aromatic rings. The molecule has 2 rings (SSSR count). The highest BCUT2D eigenvalue weighted by atomic mass is 32.2. The maximum absolute atomic E-state index is 12.2. The number of para-hydroxylation sites is 1. The van der Waals surface area contributed by atoms with Crippen LogP contribution in [0.15, 0.2) is 53.4 Å². The predicted octanol–water partition coefficient (Wildman–Crippen LogP) is 3.77. The Labute approximate surface area is 148 Å². The SMILES string of the molecule is CCOc1ccccc1CSCc1cccc(S(=O)(=O)N(C)C)c1. The minimum absolute atomic E-state index is 0.334. The molecule has 0 aromatic heterocycles. The number of hydrogen-bond acceptors (Lipinski definition) is 4. The Hall–Kier alpha value is -1.50. The van der Waals surface area contributed by atoms with E-state index in [1.54, 1.807) is 44.1 Å². The van der Waals surface area contributed by atoms with Crippen LogP contribution in [-0.2, 0) is 21.5 Å². The van der Waals surface area contributed by atoms with E-state index in [9.17, 15) is 8.42 Å². The first-order valence-corrected chi connectivity index (χ1v) is 10.3. The van der Waals surface area contributed by atoms with Gasteiger partial charge in [-0.1, -0.05) is 30.3 Å². The van der Waals surface area contributed by atoms with Crippen LogP contribution in [0.5, 0.6) is 5.75 Å². The molecule has 0 atom stereocenters. The van der Waals surface area contributed by atoms with Gasteiger partial charge in [0.25, 0.3) is 0 Å². The molecule has 0 bridgehead atoms. The highest BCUT2D eigenvalue weighted by Gasteiger charge is 2.17. The molecule has 0 fully saturated rings. The van der Waals surface area contributed by atoms with Crippen molar-refractivity contribution in [1.82, 2.24) is 4.31 Å². The first-order valence-electron chi connectivity index (χ1n) is 7.75. The zero-order valence-corrected chi connectivity index (χ0v) is 15.9. The smallest absolute Gasteiger partial charge is 0.242 e. The lowest BCUT2D eigenvalue weighted by Crippen LogP contribution is -2.22. The van der Waals surface area contributed by atoms with Crippen LogP contribution in [-0.4, -0.2) is 33.4 Å². The third-order valence-electron chi connectivity index (χ3n) is 3.48. The summed E-state index contributed by atoms with van der Waals surface area (Å²) in [5.74, 6) is 2.48. The van der Waals surface area contributed by atoms with Crippen LogP contribution < -0.4 is 4.74 Å². The predicted molar refractivity (Wildman–Crippen MR) is 99.9 cm³/mol. The number of rotatable bonds is 8. The highest BCUT2D eigenvalue weighted by Crippen LogP contribution is 2.26. The number of thioether (sulfide) groups is 1. The number of ether oxygens (including phenoxy) is 1. The van der Waals surface area contributed by atoms with Gasteiger partial charge in [-0.3, -0.25) is 0 Å². The third-order valence-corrected chi connectivity index (χ3v) is 6.34. The molecular weight excluding hydrogens is 342 g/mol. The van der Waals surface area contributed by atoms with E-state index < -0.39 is 10.0 Å². The zero-order chi connectivity index (χ0) is 17.6. The average molecular weight is 366 g/mol. The minimum atomic E-state index is -3.39. The summed E-state index contributed by atoms with van der Waals surface area (Å²) in [6.07, 6.45) is 0. The van der Waals surface area contributed by atoms with Crippen LogP contribution >= 0.6 is 11.8 Å². The van der Waals surface area contributed by atoms with Gasteiger partial charge < -0.3 is 4.74 Å². The van der Waals surface area contributed by atoms with Crippen molar-refractivity contribution in [3.05, 3.63) is 59.7 Å². The first kappa shape index (κ1) is 18.8. The average Bonchev–Trinajstić information content (AvgIpc) is 2.57. The standard InChI is InChI=1S/C18H23NO3S2/c1-4-22-18-11-6-5-9-16(18)14-23-13-15-8-7-10-17(12-15)24(20,21)19(2)3/h5-12H,4,13-14H2,1-3H3. The number of hydrogen-bond donors (Lipinski definition) is 0. The van der Waals surface area contributed by atoms with Crippen molar-refractivity contribution in [2.24, 2.45) is 0 Å². The first-order chi connectivity index (χ1) is 11.4. The van der Waals surface area contributed by atoms with Gasteiger partial charge in [0.2, 0.25) is 10.0 Å². The molecule has 0 aliphatic carbocycles. The molecule has 0 unspecified atom stereocenters. The highest BCUT2D eigenvalue weighted by molar-refractivity contribution is 7.97. The molecule has 2 aromatic carbocycles. The molecule has 0 aliphatic rings. The van der Waals surface area contributed by atoms with Gasteiger partial charge in [0.05, 0.1) is 11.5 Å². The largest absolute Gasteiger partial charge is 0.494 e. The van der Waals surface area contributed by atoms with E-state index in [1.807, 2.05) is 31.2 Å². The molecular formula is C18H23NO3S2. The van der Waals surface area contributed by atoms with E-state index in [1.165, 1.54) is 4.31 Å². The lowest BCUT2D eigenvalue weighted by molar-refractivity contribution is 0.337. The topological polar surface area (TPSA) is 46.6 Å². The monoisotopic (exact) mass is 365 g/mol. The molecule has 4 nitrogen and oxygen atoms in total. The number of sulfonamides is 1. The molecule has 24 heavy (non-hydrogen) atoms. The molecule has 0 radical (unpaired) electrons. The van der Waals surface area contributed by atoms with Crippen molar-refractivity contribution >= 4 is 21.8 Å². The van der Waals surface area contributed by atoms with E-state index in [2.05, 4.69) is 6.07 Å². The number of nitrogens with zero attached hydrogens (tertiary/aromatic N) is 1. The van der Waals surface area contributed by atoms with E-state index in [4.69, 9.17) is 4.74 Å². The van der Waals surface area contributed by atoms with Crippen LogP contribution in [0.2, 0.25) is 0 Å². The molecule has 130 valence electrons. The molecule has 0 saturated carbocycles. The molecule has 0 heterocycles. The molecule has 0 aliphatic heterocycles. The van der Waals surface area contributed by atoms with Gasteiger partial charge in [0, 0.05) is 31.2 Å². The fourth-order valence-corrected chi connectivity index (χ4v) is 4.15. The summed E-state index contributed by atoms with van der Waals surface area (Å²) in [5, 5.41) is 0. The van der Waals surface area contributed by atoms with Crippen LogP contribution in [0, 0.1) is 0 Å². The summed E-state index contributed by atoms with van der Waals surface area (Å²) in [7, 11) is -0.300. The summed E-state index contributed by atoms with van der Waals surface area (Å²) < 4.78 is 31.3. The lowest BCUT2D eigenvalue weighted by atomic mass is 10.2. The second-order valence-electron chi connectivity index (χ2n) is 5.47. The van der Waals surface area contributed by atoms with E-state index >= 15 is 0 Å². The molecule has 0 spiro atoms. The van der Waals surface area contributed by atoms with Crippen molar-refractivity contribution in [2.45, 2.75) is 23.3 Å². The Kier molecular flexibility index (Phi) is 6.71. The van der Waals surface area contributed by atoms with E-state index in [0.29, 0.717) is 11.5 Å². The van der Waals surface area contributed by atoms with Crippen LogP contribution in [0.1, 0.15) is 18.1 Å². The summed E-state index contributed by atoms with van der Waals surface area (Å²) in [4.78, 5) is 0.334. The third kappa shape index (κ3) is 4.75. The fraction of sp³-hybridized carbons (Fsp3) is 0.333. The van der Waals surface area contributed by atoms with Gasteiger partial charge in [-0.25, -0.2) is 12.7 Å². The van der Waals surface area contributed by atoms with E-state index in [0.717, 1.165) is 28.4 Å². The molecule has 0 amide bonds. The van der Waals surface area contributed by atoms with Gasteiger partial charge in [0.15, 0.2) is 0 Å². The molecule has 0 saturated heterocycles. The summed E-state index contributed by atoms with van der Waals surface area (Å²) in [6.45, 7) is 2.62. The van der Waals surface area contributed by atoms with Crippen LogP contribution in [0.25, 0.3) is 0 Å². The quantitative estimate of drug-likeness (QED) is 0.714. The van der Waals surface area contributed by atoms with Gasteiger partial charge in [-0.2, -0.15) is 11.8 Å². The van der Waals surface area contributed by atoms with Crippen LogP contribution in [0.4, 0.5) is 0 Å². The van der Waals surface area contributed by atoms with Crippen molar-refractivity contribution in [2.75, 3.05) is 20.7 Å². The summed E-state index contributed by atoms with van der Waals surface area (Å²) >= 11 is 1.74. The maximum Gasteiger partial charge on any atom is 0.242 e. The second kappa shape index (κ2) is 8.55. The Bertz CT molecular complexity index is 773. The maximum atomic E-state index is 12.2. The van der Waals surface area contributed by atoms with Crippen molar-refractivity contribution in [3.63, 3.8) is 0 Å². The second-order valence-corrected chi connectivity index (χ2v) is 8.61. The molecule has 0 N–H and O–H groups in total. The normalized spacial score (nSPS) is 11.7. The van der Waals surface area contributed by atoms with Gasteiger partial charge >= 0.3 is 0 Å². The Morgan fingerprint density at radius 2 is 1.79 bits per heavy atom. The van der Waals surface area contributed by atoms with Crippen molar-refractivity contribution in [1.29, 1.82) is 0 Å². The summed E-state index contributed by atoms with van der Waals surface area (Å²) in [5.41, 5.74) is 2.15. The van der Waals surface area contributed by atoms with Gasteiger partial charge in [-0.15, -0.1) is 0 Å². The van der Waals surface area contributed by atoms with Crippen molar-refractivity contribution < 1.29 is 13.2 Å². The Balaban J connectivity index is 2.04.